The number of benzene rings is 1. The molecule has 1 aromatic rings. The zero-order chi connectivity index (χ0) is 8.55. The highest BCUT2D eigenvalue weighted by molar-refractivity contribution is 5.40. The maximum absolute atomic E-state index is 5.60. The number of likely N-dealkylation sites (tertiary alicyclic amines) is 1. The molecule has 0 spiro atoms. The number of hydrogen-bond donors (Lipinski definition) is 1. The Bertz CT molecular complexity index is 260. The van der Waals surface area contributed by atoms with Crippen LogP contribution in [0, 0.1) is 0 Å². The monoisotopic (exact) mass is 162 g/mol. The maximum atomic E-state index is 5.60. The van der Waals surface area contributed by atoms with Crippen LogP contribution in [0.25, 0.3) is 0 Å². The molecule has 0 bridgehead atoms. The van der Waals surface area contributed by atoms with E-state index in [2.05, 4.69) is 24.1 Å². The lowest BCUT2D eigenvalue weighted by molar-refractivity contribution is 0.190. The quantitative estimate of drug-likeness (QED) is 0.631. The van der Waals surface area contributed by atoms with E-state index in [1.807, 2.05) is 12.1 Å². The third-order valence-corrected chi connectivity index (χ3v) is 2.47. The Morgan fingerprint density at radius 2 is 1.83 bits per heavy atom. The van der Waals surface area contributed by atoms with Gasteiger partial charge >= 0.3 is 0 Å². The van der Waals surface area contributed by atoms with Crippen LogP contribution in [0.4, 0.5) is 5.69 Å². The van der Waals surface area contributed by atoms with Crippen LogP contribution in [0.15, 0.2) is 24.3 Å². The summed E-state index contributed by atoms with van der Waals surface area (Å²) >= 11 is 0. The van der Waals surface area contributed by atoms with Gasteiger partial charge in [-0.25, -0.2) is 0 Å². The zero-order valence-corrected chi connectivity index (χ0v) is 7.33. The van der Waals surface area contributed by atoms with Gasteiger partial charge in [0.25, 0.3) is 0 Å². The molecule has 1 fully saturated rings. The maximum Gasteiger partial charge on any atom is 0.0314 e. The first-order valence-electron chi connectivity index (χ1n) is 4.29. The van der Waals surface area contributed by atoms with Crippen LogP contribution in [0.3, 0.4) is 0 Å². The van der Waals surface area contributed by atoms with Gasteiger partial charge in [0.2, 0.25) is 0 Å². The van der Waals surface area contributed by atoms with Gasteiger partial charge in [0.1, 0.15) is 0 Å². The SMILES string of the molecule is CN1CC(c2ccc(N)cc2)C1. The van der Waals surface area contributed by atoms with Gasteiger partial charge in [-0.3, -0.25) is 0 Å². The van der Waals surface area contributed by atoms with E-state index in [4.69, 9.17) is 5.73 Å². The highest BCUT2D eigenvalue weighted by Gasteiger charge is 2.24. The van der Waals surface area contributed by atoms with Crippen LogP contribution in [0.1, 0.15) is 11.5 Å². The average Bonchev–Trinajstić information content (AvgIpc) is 2.01. The van der Waals surface area contributed by atoms with Crippen LogP contribution in [0.2, 0.25) is 0 Å². The third kappa shape index (κ3) is 1.30. The van der Waals surface area contributed by atoms with Crippen molar-refractivity contribution in [3.05, 3.63) is 29.8 Å². The van der Waals surface area contributed by atoms with Crippen molar-refractivity contribution in [2.45, 2.75) is 5.92 Å². The Morgan fingerprint density at radius 3 is 2.33 bits per heavy atom. The predicted octanol–water partition coefficient (Wildman–Crippen LogP) is 1.30. The fourth-order valence-electron chi connectivity index (χ4n) is 1.68. The number of anilines is 1. The van der Waals surface area contributed by atoms with Crippen molar-refractivity contribution < 1.29 is 0 Å². The van der Waals surface area contributed by atoms with Gasteiger partial charge in [-0.05, 0) is 24.7 Å². The van der Waals surface area contributed by atoms with Crippen molar-refractivity contribution in [1.29, 1.82) is 0 Å². The summed E-state index contributed by atoms with van der Waals surface area (Å²) in [5.74, 6) is 0.732. The molecule has 0 aliphatic carbocycles. The smallest absolute Gasteiger partial charge is 0.0314 e. The van der Waals surface area contributed by atoms with Gasteiger partial charge in [0.05, 0.1) is 0 Å². The van der Waals surface area contributed by atoms with Crippen molar-refractivity contribution >= 4 is 5.69 Å². The van der Waals surface area contributed by atoms with Crippen LogP contribution in [-0.2, 0) is 0 Å². The summed E-state index contributed by atoms with van der Waals surface area (Å²) in [6, 6.07) is 8.22. The van der Waals surface area contributed by atoms with Crippen LogP contribution in [-0.4, -0.2) is 25.0 Å². The van der Waals surface area contributed by atoms with E-state index in [9.17, 15) is 0 Å². The minimum Gasteiger partial charge on any atom is -0.399 e. The van der Waals surface area contributed by atoms with Gasteiger partial charge in [-0.1, -0.05) is 12.1 Å². The molecule has 64 valence electrons. The van der Waals surface area contributed by atoms with Crippen molar-refractivity contribution in [2.75, 3.05) is 25.9 Å². The summed E-state index contributed by atoms with van der Waals surface area (Å²) in [5.41, 5.74) is 7.88. The second kappa shape index (κ2) is 2.79. The molecule has 1 aliphatic rings. The molecule has 1 aromatic carbocycles. The third-order valence-electron chi connectivity index (χ3n) is 2.47. The molecule has 2 nitrogen and oxygen atoms in total. The fourth-order valence-corrected chi connectivity index (χ4v) is 1.68. The topological polar surface area (TPSA) is 29.3 Å². The minimum atomic E-state index is 0.732. The summed E-state index contributed by atoms with van der Waals surface area (Å²) in [6.45, 7) is 2.37. The molecule has 12 heavy (non-hydrogen) atoms. The van der Waals surface area contributed by atoms with Crippen molar-refractivity contribution in [3.8, 4) is 0 Å². The minimum absolute atomic E-state index is 0.732. The zero-order valence-electron chi connectivity index (χ0n) is 7.33. The van der Waals surface area contributed by atoms with E-state index in [-0.39, 0.29) is 0 Å². The van der Waals surface area contributed by atoms with E-state index in [1.54, 1.807) is 0 Å². The normalized spacial score (nSPS) is 19.1. The molecule has 0 unspecified atom stereocenters. The first kappa shape index (κ1) is 7.62. The molecule has 0 amide bonds. The first-order chi connectivity index (χ1) is 5.75. The number of nitrogen functional groups attached to an aromatic ring is 1. The van der Waals surface area contributed by atoms with E-state index < -0.39 is 0 Å². The van der Waals surface area contributed by atoms with E-state index in [0.29, 0.717) is 0 Å². The molecular formula is C10H14N2. The predicted molar refractivity (Wildman–Crippen MR) is 51.1 cm³/mol. The summed E-state index contributed by atoms with van der Waals surface area (Å²) in [4.78, 5) is 2.32. The largest absolute Gasteiger partial charge is 0.399 e. The lowest BCUT2D eigenvalue weighted by Crippen LogP contribution is -2.41. The van der Waals surface area contributed by atoms with Crippen LogP contribution >= 0.6 is 0 Å². The number of likely N-dealkylation sites (N-methyl/N-ethyl adjacent to an activating group) is 1. The average molecular weight is 162 g/mol. The summed E-state index contributed by atoms with van der Waals surface area (Å²) in [5, 5.41) is 0. The molecule has 0 atom stereocenters. The Hall–Kier alpha value is -1.02. The molecule has 0 saturated carbocycles. The van der Waals surface area contributed by atoms with Gasteiger partial charge in [-0.2, -0.15) is 0 Å². The van der Waals surface area contributed by atoms with Gasteiger partial charge < -0.3 is 10.6 Å². The van der Waals surface area contributed by atoms with Gasteiger partial charge in [-0.15, -0.1) is 0 Å². The Morgan fingerprint density at radius 1 is 1.25 bits per heavy atom. The van der Waals surface area contributed by atoms with Gasteiger partial charge in [0, 0.05) is 24.7 Å². The van der Waals surface area contributed by atoms with E-state index >= 15 is 0 Å². The van der Waals surface area contributed by atoms with Crippen LogP contribution in [0.5, 0.6) is 0 Å². The number of hydrogen-bond acceptors (Lipinski definition) is 2. The van der Waals surface area contributed by atoms with Crippen LogP contribution < -0.4 is 5.73 Å². The fraction of sp³-hybridized carbons (Fsp3) is 0.400. The highest BCUT2D eigenvalue weighted by atomic mass is 15.2. The summed E-state index contributed by atoms with van der Waals surface area (Å²) < 4.78 is 0. The van der Waals surface area contributed by atoms with Crippen molar-refractivity contribution in [1.82, 2.24) is 4.90 Å². The second-order valence-corrected chi connectivity index (χ2v) is 3.58. The molecule has 1 aliphatic heterocycles. The van der Waals surface area contributed by atoms with E-state index in [1.165, 1.54) is 18.7 Å². The molecule has 0 aromatic heterocycles. The molecule has 2 heteroatoms. The number of nitrogens with two attached hydrogens (primary N) is 1. The summed E-state index contributed by atoms with van der Waals surface area (Å²) in [7, 11) is 2.15. The summed E-state index contributed by atoms with van der Waals surface area (Å²) in [6.07, 6.45) is 0. The molecule has 2 rings (SSSR count). The highest BCUT2D eigenvalue weighted by Crippen LogP contribution is 2.25. The van der Waals surface area contributed by atoms with Gasteiger partial charge in [0.15, 0.2) is 0 Å². The lowest BCUT2D eigenvalue weighted by atomic mass is 9.92. The Labute approximate surface area is 73.0 Å². The second-order valence-electron chi connectivity index (χ2n) is 3.58. The number of rotatable bonds is 1. The standard InChI is InChI=1S/C10H14N2/c1-12-6-9(7-12)8-2-4-10(11)5-3-8/h2-5,9H,6-7,11H2,1H3. The molecule has 1 heterocycles. The molecule has 2 N–H and O–H groups in total. The molecular weight excluding hydrogens is 148 g/mol. The molecule has 0 radical (unpaired) electrons. The van der Waals surface area contributed by atoms with Crippen molar-refractivity contribution in [2.24, 2.45) is 0 Å². The first-order valence-corrected chi connectivity index (χ1v) is 4.29. The Kier molecular flexibility index (Phi) is 1.77. The molecule has 1 saturated heterocycles. The lowest BCUT2D eigenvalue weighted by Gasteiger charge is -2.36. The Balaban J connectivity index is 2.09. The van der Waals surface area contributed by atoms with Crippen molar-refractivity contribution in [3.63, 3.8) is 0 Å². The van der Waals surface area contributed by atoms with E-state index in [0.717, 1.165) is 11.6 Å². The number of nitrogens with zero attached hydrogens (tertiary/aromatic N) is 1.